The Balaban J connectivity index is 2.20. The topological polar surface area (TPSA) is 41.1 Å². The molecule has 0 bridgehead atoms. The lowest BCUT2D eigenvalue weighted by molar-refractivity contribution is 0.249. The number of hydrogen-bond acceptors (Lipinski definition) is 1. The zero-order valence-electron chi connectivity index (χ0n) is 15.9. The van der Waals surface area contributed by atoms with Crippen molar-refractivity contribution in [3.8, 4) is 0 Å². The number of hydrogen-bond donors (Lipinski definition) is 2. The molecule has 1 unspecified atom stereocenters. The third-order valence-corrected chi connectivity index (χ3v) is 5.14. The Labute approximate surface area is 166 Å². The summed E-state index contributed by atoms with van der Waals surface area (Å²) >= 11 is 12.0. The number of urea groups is 1. The fourth-order valence-electron chi connectivity index (χ4n) is 2.91. The Kier molecular flexibility index (Phi) is 6.96. The predicted octanol–water partition coefficient (Wildman–Crippen LogP) is 7.12. The van der Waals surface area contributed by atoms with Crippen LogP contribution >= 0.6 is 23.2 Å². The van der Waals surface area contributed by atoms with Gasteiger partial charge in [0.25, 0.3) is 0 Å². The molecule has 2 N–H and O–H groups in total. The average Bonchev–Trinajstić information content (AvgIpc) is 2.56. The van der Waals surface area contributed by atoms with E-state index in [2.05, 4.69) is 50.5 Å². The number of carbonyl (C=O) groups is 1. The molecule has 0 saturated heterocycles. The third-order valence-electron chi connectivity index (χ3n) is 4.40. The van der Waals surface area contributed by atoms with Crippen LogP contribution in [0.15, 0.2) is 36.4 Å². The molecule has 2 aromatic rings. The van der Waals surface area contributed by atoms with Crippen LogP contribution in [0, 0.1) is 0 Å². The summed E-state index contributed by atoms with van der Waals surface area (Å²) in [6, 6.07) is 11.1. The van der Waals surface area contributed by atoms with Crippen LogP contribution in [0.5, 0.6) is 0 Å². The first-order valence-electron chi connectivity index (χ1n) is 8.86. The highest BCUT2D eigenvalue weighted by Gasteiger charge is 2.17. The number of nitrogens with one attached hydrogen (secondary N) is 2. The van der Waals surface area contributed by atoms with Gasteiger partial charge in [-0.05, 0) is 47.6 Å². The second-order valence-corrected chi connectivity index (χ2v) is 7.93. The van der Waals surface area contributed by atoms with Crippen LogP contribution < -0.4 is 10.6 Å². The normalized spacial score (nSPS) is 12.3. The predicted molar refractivity (Wildman–Crippen MR) is 112 cm³/mol. The Morgan fingerprint density at radius 2 is 1.46 bits per heavy atom. The van der Waals surface area contributed by atoms with E-state index in [1.54, 1.807) is 12.1 Å². The minimum absolute atomic E-state index is 0.196. The van der Waals surface area contributed by atoms with E-state index in [-0.39, 0.29) is 12.1 Å². The fourth-order valence-corrected chi connectivity index (χ4v) is 3.21. The van der Waals surface area contributed by atoms with Crippen molar-refractivity contribution in [1.29, 1.82) is 0 Å². The highest BCUT2D eigenvalue weighted by atomic mass is 35.5. The van der Waals surface area contributed by atoms with Gasteiger partial charge in [0, 0.05) is 5.69 Å². The Morgan fingerprint density at radius 1 is 0.885 bits per heavy atom. The van der Waals surface area contributed by atoms with Crippen LogP contribution in [-0.4, -0.2) is 6.03 Å². The number of benzene rings is 2. The number of anilines is 1. The maximum atomic E-state index is 12.6. The highest BCUT2D eigenvalue weighted by Crippen LogP contribution is 2.32. The number of amides is 2. The van der Waals surface area contributed by atoms with Gasteiger partial charge in [-0.2, -0.15) is 0 Å². The monoisotopic (exact) mass is 392 g/mol. The molecule has 2 rings (SSSR count). The van der Waals surface area contributed by atoms with E-state index in [9.17, 15) is 4.79 Å². The van der Waals surface area contributed by atoms with E-state index < -0.39 is 0 Å². The standard InChI is InChI=1S/C21H26Cl2N2O/c1-12(2)16-7-6-8-17(13(3)4)20(16)25-21(26)24-14(5)15-9-10-18(22)19(23)11-15/h6-14H,1-5H3,(H2,24,25,26). The maximum Gasteiger partial charge on any atom is 0.319 e. The number of halogens is 2. The molecule has 0 aliphatic rings. The van der Waals surface area contributed by atoms with Gasteiger partial charge in [0.15, 0.2) is 0 Å². The van der Waals surface area contributed by atoms with Crippen molar-refractivity contribution in [1.82, 2.24) is 5.32 Å². The van der Waals surface area contributed by atoms with Crippen LogP contribution in [0.3, 0.4) is 0 Å². The summed E-state index contributed by atoms with van der Waals surface area (Å²) in [5.41, 5.74) is 4.06. The van der Waals surface area contributed by atoms with E-state index in [4.69, 9.17) is 23.2 Å². The second-order valence-electron chi connectivity index (χ2n) is 7.11. The lowest BCUT2D eigenvalue weighted by atomic mass is 9.93. The molecule has 0 radical (unpaired) electrons. The summed E-state index contributed by atoms with van der Waals surface area (Å²) in [5.74, 6) is 0.632. The van der Waals surface area contributed by atoms with Gasteiger partial charge < -0.3 is 10.6 Å². The second kappa shape index (κ2) is 8.79. The van der Waals surface area contributed by atoms with Gasteiger partial charge >= 0.3 is 6.03 Å². The van der Waals surface area contributed by atoms with Crippen molar-refractivity contribution < 1.29 is 4.79 Å². The molecule has 0 heterocycles. The molecule has 0 aliphatic carbocycles. The van der Waals surface area contributed by atoms with Gasteiger partial charge in [0.1, 0.15) is 0 Å². The van der Waals surface area contributed by atoms with Crippen LogP contribution in [0.1, 0.15) is 69.2 Å². The largest absolute Gasteiger partial charge is 0.331 e. The highest BCUT2D eigenvalue weighted by molar-refractivity contribution is 6.42. The first-order chi connectivity index (χ1) is 12.2. The Bertz CT molecular complexity index is 761. The lowest BCUT2D eigenvalue weighted by Crippen LogP contribution is -2.32. The molecule has 26 heavy (non-hydrogen) atoms. The minimum atomic E-state index is -0.237. The Hall–Kier alpha value is -1.71. The molecule has 0 aromatic heterocycles. The summed E-state index contributed by atoms with van der Waals surface area (Å²) in [4.78, 5) is 12.6. The van der Waals surface area contributed by atoms with Gasteiger partial charge in [-0.15, -0.1) is 0 Å². The quantitative estimate of drug-likeness (QED) is 0.558. The number of rotatable bonds is 5. The summed E-state index contributed by atoms with van der Waals surface area (Å²) in [7, 11) is 0. The smallest absolute Gasteiger partial charge is 0.319 e. The third kappa shape index (κ3) is 4.93. The van der Waals surface area contributed by atoms with Crippen LogP contribution in [0.4, 0.5) is 10.5 Å². The van der Waals surface area contributed by atoms with Gasteiger partial charge in [-0.1, -0.05) is 75.2 Å². The van der Waals surface area contributed by atoms with Crippen molar-refractivity contribution in [2.45, 2.75) is 52.5 Å². The molecule has 0 saturated carbocycles. The van der Waals surface area contributed by atoms with Gasteiger partial charge in [-0.25, -0.2) is 4.79 Å². The molecule has 140 valence electrons. The molecule has 0 spiro atoms. The van der Waals surface area contributed by atoms with E-state index in [0.29, 0.717) is 21.9 Å². The molecule has 2 aromatic carbocycles. The zero-order chi connectivity index (χ0) is 19.4. The first-order valence-corrected chi connectivity index (χ1v) is 9.61. The maximum absolute atomic E-state index is 12.6. The molecular formula is C21H26Cl2N2O. The van der Waals surface area contributed by atoms with Crippen molar-refractivity contribution >= 4 is 34.9 Å². The van der Waals surface area contributed by atoms with Gasteiger partial charge in [0.05, 0.1) is 16.1 Å². The van der Waals surface area contributed by atoms with E-state index in [0.717, 1.165) is 22.4 Å². The van der Waals surface area contributed by atoms with Gasteiger partial charge in [0.2, 0.25) is 0 Å². The minimum Gasteiger partial charge on any atom is -0.331 e. The van der Waals surface area contributed by atoms with Crippen LogP contribution in [0.25, 0.3) is 0 Å². The molecular weight excluding hydrogens is 367 g/mol. The zero-order valence-corrected chi connectivity index (χ0v) is 17.4. The summed E-state index contributed by atoms with van der Waals surface area (Å²) in [6.45, 7) is 10.4. The van der Waals surface area contributed by atoms with Crippen LogP contribution in [-0.2, 0) is 0 Å². The van der Waals surface area contributed by atoms with E-state index in [1.165, 1.54) is 0 Å². The molecule has 0 fully saturated rings. The lowest BCUT2D eigenvalue weighted by Gasteiger charge is -2.22. The van der Waals surface area contributed by atoms with Crippen molar-refractivity contribution in [2.75, 3.05) is 5.32 Å². The number of para-hydroxylation sites is 1. The van der Waals surface area contributed by atoms with E-state index >= 15 is 0 Å². The SMILES string of the molecule is CC(C)c1cccc(C(C)C)c1NC(=O)NC(C)c1ccc(Cl)c(Cl)c1. The fraction of sp³-hybridized carbons (Fsp3) is 0.381. The first kappa shape index (κ1) is 20.6. The average molecular weight is 393 g/mol. The summed E-state index contributed by atoms with van der Waals surface area (Å²) in [5, 5.41) is 7.01. The molecule has 3 nitrogen and oxygen atoms in total. The molecule has 2 amide bonds. The molecule has 5 heteroatoms. The molecule has 1 atom stereocenters. The van der Waals surface area contributed by atoms with E-state index in [1.807, 2.05) is 19.1 Å². The van der Waals surface area contributed by atoms with Crippen molar-refractivity contribution in [3.63, 3.8) is 0 Å². The van der Waals surface area contributed by atoms with Gasteiger partial charge in [-0.3, -0.25) is 0 Å². The summed E-state index contributed by atoms with van der Waals surface area (Å²) < 4.78 is 0. The van der Waals surface area contributed by atoms with Crippen molar-refractivity contribution in [3.05, 3.63) is 63.1 Å². The molecule has 0 aliphatic heterocycles. The van der Waals surface area contributed by atoms with Crippen molar-refractivity contribution in [2.24, 2.45) is 0 Å². The van der Waals surface area contributed by atoms with Crippen LogP contribution in [0.2, 0.25) is 10.0 Å². The Morgan fingerprint density at radius 3 is 1.96 bits per heavy atom. The summed E-state index contributed by atoms with van der Waals surface area (Å²) in [6.07, 6.45) is 0. The number of carbonyl (C=O) groups excluding carboxylic acids is 1.